The molecule has 2 aliphatic rings. The van der Waals surface area contributed by atoms with Gasteiger partial charge in [0.25, 0.3) is 0 Å². The minimum Gasteiger partial charge on any atom is -0.461 e. The fourth-order valence-corrected chi connectivity index (χ4v) is 3.06. The average molecular weight is 275 g/mol. The first-order valence-electron chi connectivity index (χ1n) is 7.32. The Morgan fingerprint density at radius 1 is 1.50 bits per heavy atom. The van der Waals surface area contributed by atoms with Crippen molar-refractivity contribution in [2.75, 3.05) is 25.0 Å². The molecule has 3 atom stereocenters. The molecule has 0 aromatic carbocycles. The monoisotopic (exact) mass is 275 g/mol. The van der Waals surface area contributed by atoms with Gasteiger partial charge in [-0.3, -0.25) is 9.69 Å². The Bertz CT molecular complexity index is 465. The van der Waals surface area contributed by atoms with E-state index in [2.05, 4.69) is 15.2 Å². The molecule has 1 aromatic rings. The number of hydrogen-bond donors (Lipinski definition) is 1. The van der Waals surface area contributed by atoms with Crippen molar-refractivity contribution in [2.45, 2.75) is 31.9 Å². The topological polar surface area (TPSA) is 54.5 Å². The lowest BCUT2D eigenvalue weighted by atomic mass is 10.1. The third-order valence-corrected chi connectivity index (χ3v) is 4.14. The van der Waals surface area contributed by atoms with E-state index in [0.29, 0.717) is 5.92 Å². The maximum atomic E-state index is 11.8. The zero-order chi connectivity index (χ0) is 13.9. The highest BCUT2D eigenvalue weighted by Gasteiger charge is 2.39. The van der Waals surface area contributed by atoms with Crippen LogP contribution in [0.2, 0.25) is 0 Å². The quantitative estimate of drug-likeness (QED) is 0.844. The van der Waals surface area contributed by atoms with Crippen molar-refractivity contribution in [2.24, 2.45) is 5.92 Å². The third kappa shape index (κ3) is 2.93. The molecule has 20 heavy (non-hydrogen) atoms. The molecule has 0 spiro atoms. The molecular weight excluding hydrogens is 254 g/mol. The van der Waals surface area contributed by atoms with Gasteiger partial charge >= 0.3 is 5.97 Å². The maximum Gasteiger partial charge on any atom is 0.323 e. The fraction of sp³-hybridized carbons (Fsp3) is 0.600. The van der Waals surface area contributed by atoms with Crippen LogP contribution in [0.5, 0.6) is 0 Å². The van der Waals surface area contributed by atoms with Gasteiger partial charge < -0.3 is 10.1 Å². The van der Waals surface area contributed by atoms with Crippen LogP contribution >= 0.6 is 0 Å². The van der Waals surface area contributed by atoms with Crippen molar-refractivity contribution in [1.29, 1.82) is 0 Å². The summed E-state index contributed by atoms with van der Waals surface area (Å²) < 4.78 is 5.24. The van der Waals surface area contributed by atoms with Gasteiger partial charge in [0.15, 0.2) is 0 Å². The van der Waals surface area contributed by atoms with E-state index in [9.17, 15) is 4.79 Å². The maximum absolute atomic E-state index is 11.8. The van der Waals surface area contributed by atoms with Crippen LogP contribution < -0.4 is 5.32 Å². The first kappa shape index (κ1) is 13.4. The van der Waals surface area contributed by atoms with E-state index < -0.39 is 0 Å². The largest absolute Gasteiger partial charge is 0.461 e. The van der Waals surface area contributed by atoms with Crippen LogP contribution in [0.4, 0.5) is 5.82 Å². The van der Waals surface area contributed by atoms with Gasteiger partial charge in [-0.1, -0.05) is 6.07 Å². The zero-order valence-corrected chi connectivity index (χ0v) is 11.8. The summed E-state index contributed by atoms with van der Waals surface area (Å²) in [5.41, 5.74) is 0. The highest BCUT2D eigenvalue weighted by molar-refractivity contribution is 5.78. The number of rotatable bonds is 4. The van der Waals surface area contributed by atoms with Crippen LogP contribution in [0.15, 0.2) is 24.4 Å². The van der Waals surface area contributed by atoms with Crippen molar-refractivity contribution in [1.82, 2.24) is 9.88 Å². The Morgan fingerprint density at radius 2 is 2.40 bits per heavy atom. The van der Waals surface area contributed by atoms with Crippen LogP contribution in [0, 0.1) is 5.92 Å². The van der Waals surface area contributed by atoms with Crippen molar-refractivity contribution >= 4 is 11.8 Å². The van der Waals surface area contributed by atoms with E-state index in [0.717, 1.165) is 38.3 Å². The Labute approximate surface area is 119 Å². The number of nitrogens with zero attached hydrogens (tertiary/aromatic N) is 2. The highest BCUT2D eigenvalue weighted by Crippen LogP contribution is 2.26. The number of nitrogens with one attached hydrogen (secondary N) is 1. The number of pyridine rings is 1. The van der Waals surface area contributed by atoms with Crippen LogP contribution in [-0.4, -0.2) is 47.6 Å². The summed E-state index contributed by atoms with van der Waals surface area (Å²) in [5.74, 6) is 1.44. The van der Waals surface area contributed by atoms with E-state index in [1.807, 2.05) is 25.1 Å². The zero-order valence-electron chi connectivity index (χ0n) is 11.8. The van der Waals surface area contributed by atoms with Gasteiger partial charge in [-0.25, -0.2) is 4.98 Å². The number of hydrogen-bond acceptors (Lipinski definition) is 5. The summed E-state index contributed by atoms with van der Waals surface area (Å²) >= 11 is 0. The number of carbonyl (C=O) groups is 1. The molecule has 0 saturated carbocycles. The molecule has 5 heteroatoms. The van der Waals surface area contributed by atoms with Gasteiger partial charge in [-0.2, -0.15) is 0 Å². The van der Waals surface area contributed by atoms with E-state index in [4.69, 9.17) is 4.74 Å². The first-order chi connectivity index (χ1) is 9.72. The number of likely N-dealkylation sites (tertiary alicyclic amines) is 1. The van der Waals surface area contributed by atoms with Crippen LogP contribution in [0.3, 0.4) is 0 Å². The van der Waals surface area contributed by atoms with Gasteiger partial charge in [0.05, 0.1) is 0 Å². The van der Waals surface area contributed by atoms with Gasteiger partial charge in [0.2, 0.25) is 0 Å². The summed E-state index contributed by atoms with van der Waals surface area (Å²) in [6.45, 7) is 4.83. The van der Waals surface area contributed by atoms with Crippen molar-refractivity contribution in [3.8, 4) is 0 Å². The smallest absolute Gasteiger partial charge is 0.323 e. The van der Waals surface area contributed by atoms with Gasteiger partial charge in [-0.05, 0) is 37.9 Å². The molecule has 5 nitrogen and oxygen atoms in total. The molecule has 0 radical (unpaired) electrons. The Hall–Kier alpha value is -1.62. The number of esters is 1. The molecule has 3 rings (SSSR count). The second kappa shape index (κ2) is 5.79. The Morgan fingerprint density at radius 3 is 3.10 bits per heavy atom. The standard InChI is InChI=1S/C15H21N3O2/c1-11-8-13(15(19)20-11)18-7-5-12(10-18)9-17-14-4-2-3-6-16-14/h2-4,6,11-13H,5,7-10H2,1H3,(H,16,17)/t11-,12+,13-/m1/s1. The second-order valence-electron chi connectivity index (χ2n) is 5.74. The molecule has 108 valence electrons. The molecule has 3 heterocycles. The summed E-state index contributed by atoms with van der Waals surface area (Å²) in [4.78, 5) is 18.3. The molecule has 2 saturated heterocycles. The third-order valence-electron chi connectivity index (χ3n) is 4.14. The minimum absolute atomic E-state index is 0.0233. The summed E-state index contributed by atoms with van der Waals surface area (Å²) in [6, 6.07) is 5.84. The number of cyclic esters (lactones) is 1. The Kier molecular flexibility index (Phi) is 3.87. The molecule has 2 aliphatic heterocycles. The van der Waals surface area contributed by atoms with E-state index in [-0.39, 0.29) is 18.1 Å². The van der Waals surface area contributed by atoms with Crippen LogP contribution in [0.1, 0.15) is 19.8 Å². The van der Waals surface area contributed by atoms with Gasteiger partial charge in [-0.15, -0.1) is 0 Å². The predicted octanol–water partition coefficient (Wildman–Crippen LogP) is 1.52. The molecular formula is C15H21N3O2. The molecule has 1 N–H and O–H groups in total. The van der Waals surface area contributed by atoms with E-state index in [1.165, 1.54) is 0 Å². The Balaban J connectivity index is 1.49. The van der Waals surface area contributed by atoms with Crippen LogP contribution in [-0.2, 0) is 9.53 Å². The lowest BCUT2D eigenvalue weighted by Crippen LogP contribution is -2.37. The van der Waals surface area contributed by atoms with E-state index in [1.54, 1.807) is 6.20 Å². The highest BCUT2D eigenvalue weighted by atomic mass is 16.6. The average Bonchev–Trinajstić information content (AvgIpc) is 3.04. The molecule has 2 fully saturated rings. The molecule has 0 bridgehead atoms. The normalized spacial score (nSPS) is 30.4. The summed E-state index contributed by atoms with van der Waals surface area (Å²) in [7, 11) is 0. The SMILES string of the molecule is C[C@@H]1C[C@@H](N2CC[C@@H](CNc3ccccn3)C2)C(=O)O1. The van der Waals surface area contributed by atoms with Crippen LogP contribution in [0.25, 0.3) is 0 Å². The predicted molar refractivity (Wildman–Crippen MR) is 76.4 cm³/mol. The molecule has 0 amide bonds. The fourth-order valence-electron chi connectivity index (χ4n) is 3.06. The van der Waals surface area contributed by atoms with Gasteiger partial charge in [0.1, 0.15) is 18.0 Å². The van der Waals surface area contributed by atoms with Crippen molar-refractivity contribution in [3.63, 3.8) is 0 Å². The number of carbonyl (C=O) groups excluding carboxylic acids is 1. The number of ether oxygens (including phenoxy) is 1. The van der Waals surface area contributed by atoms with E-state index >= 15 is 0 Å². The minimum atomic E-state index is -0.0455. The summed E-state index contributed by atoms with van der Waals surface area (Å²) in [5, 5.41) is 3.36. The second-order valence-corrected chi connectivity index (χ2v) is 5.74. The van der Waals surface area contributed by atoms with Gasteiger partial charge in [0, 0.05) is 25.7 Å². The summed E-state index contributed by atoms with van der Waals surface area (Å²) in [6.07, 6.45) is 3.81. The first-order valence-corrected chi connectivity index (χ1v) is 7.32. The molecule has 1 aromatic heterocycles. The van der Waals surface area contributed by atoms with Crippen molar-refractivity contribution in [3.05, 3.63) is 24.4 Å². The lowest BCUT2D eigenvalue weighted by molar-refractivity contribution is -0.144. The number of anilines is 1. The molecule has 0 aliphatic carbocycles. The lowest BCUT2D eigenvalue weighted by Gasteiger charge is -2.20. The van der Waals surface area contributed by atoms with Crippen molar-refractivity contribution < 1.29 is 9.53 Å². The number of aromatic nitrogens is 1. The molecule has 0 unspecified atom stereocenters.